The molecule has 0 saturated carbocycles. The molecule has 45 heavy (non-hydrogen) atoms. The predicted molar refractivity (Wildman–Crippen MR) is 164 cm³/mol. The number of methoxy groups -OCH3 is 1. The summed E-state index contributed by atoms with van der Waals surface area (Å²) in [4.78, 5) is 56.1. The molecule has 1 N–H and O–H groups in total. The van der Waals surface area contributed by atoms with E-state index in [1.54, 1.807) is 16.9 Å². The summed E-state index contributed by atoms with van der Waals surface area (Å²) in [5, 5.41) is 2.36. The zero-order chi connectivity index (χ0) is 31.6. The minimum Gasteiger partial charge on any atom is -0.491 e. The molecule has 12 nitrogen and oxygen atoms in total. The van der Waals surface area contributed by atoms with Crippen molar-refractivity contribution in [3.63, 3.8) is 0 Å². The van der Waals surface area contributed by atoms with Gasteiger partial charge in [0, 0.05) is 50.8 Å². The predicted octanol–water partition coefficient (Wildman–Crippen LogP) is 2.38. The van der Waals surface area contributed by atoms with Crippen molar-refractivity contribution >= 4 is 23.8 Å². The van der Waals surface area contributed by atoms with Crippen LogP contribution in [0.15, 0.2) is 42.5 Å². The number of hydrogen-bond donors (Lipinski definition) is 1. The highest BCUT2D eigenvalue weighted by atomic mass is 16.6. The minimum absolute atomic E-state index is 0.196. The van der Waals surface area contributed by atoms with Gasteiger partial charge in [-0.25, -0.2) is 4.79 Å². The number of nitrogens with one attached hydrogen (secondary N) is 1. The van der Waals surface area contributed by atoms with Gasteiger partial charge in [0.15, 0.2) is 0 Å². The monoisotopic (exact) mass is 622 g/mol. The van der Waals surface area contributed by atoms with E-state index in [0.29, 0.717) is 63.7 Å². The number of ether oxygens (including phenoxy) is 4. The molecule has 1 atom stereocenters. The first-order chi connectivity index (χ1) is 21.9. The van der Waals surface area contributed by atoms with Crippen LogP contribution in [0.3, 0.4) is 0 Å². The van der Waals surface area contributed by atoms with Gasteiger partial charge in [0.2, 0.25) is 11.8 Å². The van der Waals surface area contributed by atoms with Crippen LogP contribution in [0, 0.1) is 0 Å². The fourth-order valence-corrected chi connectivity index (χ4v) is 5.95. The molecule has 3 aliphatic heterocycles. The summed E-state index contributed by atoms with van der Waals surface area (Å²) < 4.78 is 22.5. The fourth-order valence-electron chi connectivity index (χ4n) is 5.95. The summed E-state index contributed by atoms with van der Waals surface area (Å²) in [5.74, 6) is -0.354. The van der Waals surface area contributed by atoms with Gasteiger partial charge in [-0.15, -0.1) is 0 Å². The standard InChI is InChI=1S/C33H42N4O8/c1-42-18-19-43-20-21-44-30-25(8-9-26-27(30)22-37(32(26)40)28-10-11-29(38)34-31(28)39)12-15-35-13-5-14-36(17-16-35)33(41)45-23-24-6-3-2-4-7-24/h2-4,6-9,28H,5,10-23H2,1H3,(H,34,38,39)/t28-/m0/s1. The van der Waals surface area contributed by atoms with Crippen LogP contribution >= 0.6 is 0 Å². The third-order valence-corrected chi connectivity index (χ3v) is 8.40. The number of piperidine rings is 1. The summed E-state index contributed by atoms with van der Waals surface area (Å²) in [5.41, 5.74) is 3.19. The van der Waals surface area contributed by atoms with Crippen molar-refractivity contribution in [1.29, 1.82) is 0 Å². The summed E-state index contributed by atoms with van der Waals surface area (Å²) in [6, 6.07) is 12.7. The van der Waals surface area contributed by atoms with Crippen LogP contribution in [-0.4, -0.2) is 111 Å². The maximum Gasteiger partial charge on any atom is 0.410 e. The van der Waals surface area contributed by atoms with E-state index < -0.39 is 11.9 Å². The van der Waals surface area contributed by atoms with Gasteiger partial charge < -0.3 is 33.6 Å². The van der Waals surface area contributed by atoms with Crippen LogP contribution in [0.4, 0.5) is 4.79 Å². The van der Waals surface area contributed by atoms with Gasteiger partial charge in [-0.05, 0) is 43.0 Å². The van der Waals surface area contributed by atoms with Crippen LogP contribution in [0.5, 0.6) is 5.75 Å². The zero-order valence-corrected chi connectivity index (χ0v) is 25.8. The lowest BCUT2D eigenvalue weighted by atomic mass is 10.0. The number of nitrogens with zero attached hydrogens (tertiary/aromatic N) is 3. The summed E-state index contributed by atoms with van der Waals surface area (Å²) >= 11 is 0. The first kappa shape index (κ1) is 32.4. The van der Waals surface area contributed by atoms with Crippen molar-refractivity contribution < 1.29 is 38.1 Å². The van der Waals surface area contributed by atoms with E-state index in [4.69, 9.17) is 18.9 Å². The molecule has 12 heteroatoms. The Bertz CT molecular complexity index is 1350. The SMILES string of the molecule is COCCOCCOc1c(CCN2CCCN(C(=O)OCc3ccccc3)CC2)ccc2c1CN([C@H]1CCC(=O)NC1=O)C2=O. The Morgan fingerprint density at radius 3 is 2.58 bits per heavy atom. The first-order valence-electron chi connectivity index (χ1n) is 15.6. The quantitative estimate of drug-likeness (QED) is 0.265. The van der Waals surface area contributed by atoms with E-state index in [1.165, 1.54) is 0 Å². The molecule has 2 aromatic rings. The third-order valence-electron chi connectivity index (χ3n) is 8.40. The van der Waals surface area contributed by atoms with Gasteiger partial charge in [-0.3, -0.25) is 19.7 Å². The molecule has 2 aromatic carbocycles. The Balaban J connectivity index is 1.21. The third kappa shape index (κ3) is 8.38. The molecule has 0 aliphatic carbocycles. The number of benzene rings is 2. The number of fused-ring (bicyclic) bond motifs is 1. The lowest BCUT2D eigenvalue weighted by Crippen LogP contribution is -2.52. The fraction of sp³-hybridized carbons (Fsp3) is 0.515. The Hall–Kier alpha value is -4.00. The van der Waals surface area contributed by atoms with Crippen molar-refractivity contribution in [2.24, 2.45) is 0 Å². The molecule has 242 valence electrons. The van der Waals surface area contributed by atoms with Crippen LogP contribution in [0.1, 0.15) is 46.3 Å². The average molecular weight is 623 g/mol. The van der Waals surface area contributed by atoms with Gasteiger partial charge in [0.05, 0.1) is 26.4 Å². The van der Waals surface area contributed by atoms with E-state index in [-0.39, 0.29) is 37.5 Å². The molecular weight excluding hydrogens is 580 g/mol. The highest BCUT2D eigenvalue weighted by Gasteiger charge is 2.40. The van der Waals surface area contributed by atoms with Gasteiger partial charge >= 0.3 is 6.09 Å². The lowest BCUT2D eigenvalue weighted by molar-refractivity contribution is -0.136. The highest BCUT2D eigenvalue weighted by Crippen LogP contribution is 2.36. The molecule has 2 fully saturated rings. The van der Waals surface area contributed by atoms with E-state index in [9.17, 15) is 19.2 Å². The molecule has 5 rings (SSSR count). The molecule has 0 aromatic heterocycles. The Morgan fingerprint density at radius 2 is 1.78 bits per heavy atom. The molecule has 3 heterocycles. The van der Waals surface area contributed by atoms with Crippen molar-refractivity contribution in [3.8, 4) is 5.75 Å². The molecule has 0 radical (unpaired) electrons. The van der Waals surface area contributed by atoms with Crippen molar-refractivity contribution in [1.82, 2.24) is 20.0 Å². The van der Waals surface area contributed by atoms with Crippen molar-refractivity contribution in [2.75, 3.05) is 66.3 Å². The molecular formula is C33H42N4O8. The van der Waals surface area contributed by atoms with E-state index in [2.05, 4.69) is 10.2 Å². The van der Waals surface area contributed by atoms with E-state index in [1.807, 2.05) is 42.5 Å². The lowest BCUT2D eigenvalue weighted by Gasteiger charge is -2.29. The number of carbonyl (C=O) groups excluding carboxylic acids is 4. The number of hydrogen-bond acceptors (Lipinski definition) is 9. The summed E-state index contributed by atoms with van der Waals surface area (Å²) in [6.45, 7) is 5.61. The van der Waals surface area contributed by atoms with Crippen LogP contribution in [0.2, 0.25) is 0 Å². The van der Waals surface area contributed by atoms with Gasteiger partial charge in [-0.2, -0.15) is 0 Å². The van der Waals surface area contributed by atoms with Gasteiger partial charge in [-0.1, -0.05) is 36.4 Å². The average Bonchev–Trinajstić information content (AvgIpc) is 3.20. The maximum atomic E-state index is 13.4. The molecule has 2 saturated heterocycles. The largest absolute Gasteiger partial charge is 0.491 e. The van der Waals surface area contributed by atoms with Gasteiger partial charge in [0.25, 0.3) is 5.91 Å². The van der Waals surface area contributed by atoms with E-state index in [0.717, 1.165) is 42.7 Å². The molecule has 3 aliphatic rings. The number of carbonyl (C=O) groups is 4. The van der Waals surface area contributed by atoms with E-state index >= 15 is 0 Å². The van der Waals surface area contributed by atoms with Crippen molar-refractivity contribution in [2.45, 2.75) is 44.9 Å². The molecule has 0 unspecified atom stereocenters. The Labute approximate surface area is 263 Å². The summed E-state index contributed by atoms with van der Waals surface area (Å²) in [6.07, 6.45) is 1.71. The van der Waals surface area contributed by atoms with Crippen molar-refractivity contribution in [3.05, 3.63) is 64.7 Å². The first-order valence-corrected chi connectivity index (χ1v) is 15.6. The highest BCUT2D eigenvalue weighted by molar-refractivity contribution is 6.05. The minimum atomic E-state index is -0.698. The second-order valence-corrected chi connectivity index (χ2v) is 11.4. The van der Waals surface area contributed by atoms with Crippen LogP contribution < -0.4 is 10.1 Å². The van der Waals surface area contributed by atoms with Crippen LogP contribution in [-0.2, 0) is 43.4 Å². The maximum absolute atomic E-state index is 13.4. The second kappa shape index (κ2) is 15.8. The Morgan fingerprint density at radius 1 is 0.956 bits per heavy atom. The number of imide groups is 1. The zero-order valence-electron chi connectivity index (χ0n) is 25.8. The topological polar surface area (TPSA) is 127 Å². The molecule has 0 spiro atoms. The van der Waals surface area contributed by atoms with Gasteiger partial charge in [0.1, 0.15) is 25.0 Å². The van der Waals surface area contributed by atoms with Crippen LogP contribution in [0.25, 0.3) is 0 Å². The normalized spacial score (nSPS) is 18.9. The summed E-state index contributed by atoms with van der Waals surface area (Å²) in [7, 11) is 1.62. The number of rotatable bonds is 13. The smallest absolute Gasteiger partial charge is 0.410 e. The molecule has 4 amide bonds. The Kier molecular flexibility index (Phi) is 11.4. The number of amides is 4. The molecule has 0 bridgehead atoms. The second-order valence-electron chi connectivity index (χ2n) is 11.4.